The highest BCUT2D eigenvalue weighted by Gasteiger charge is 2.29. The van der Waals surface area contributed by atoms with Crippen LogP contribution in [-0.4, -0.2) is 30.3 Å². The van der Waals surface area contributed by atoms with Gasteiger partial charge in [0.15, 0.2) is 11.5 Å². The van der Waals surface area contributed by atoms with Crippen molar-refractivity contribution in [3.8, 4) is 17.2 Å². The maximum absolute atomic E-state index is 12.5. The molecule has 0 aliphatic rings. The van der Waals surface area contributed by atoms with Crippen LogP contribution in [0.3, 0.4) is 0 Å². The van der Waals surface area contributed by atoms with Gasteiger partial charge in [0, 0.05) is 5.56 Å². The maximum atomic E-state index is 12.5. The quantitative estimate of drug-likeness (QED) is 0.754. The van der Waals surface area contributed by atoms with E-state index in [1.807, 2.05) is 19.1 Å². The third-order valence-electron chi connectivity index (χ3n) is 4.18. The number of phenolic OH excluding ortho intramolecular Hbond substituents is 1. The summed E-state index contributed by atoms with van der Waals surface area (Å²) in [5.74, 6) is -1.15. The number of rotatable bonds is 6. The molecule has 0 aromatic heterocycles. The van der Waals surface area contributed by atoms with Gasteiger partial charge in [-0.15, -0.1) is 0 Å². The average molecular weight is 372 g/mol. The van der Waals surface area contributed by atoms with Crippen LogP contribution in [0.2, 0.25) is 0 Å². The zero-order valence-electron chi connectivity index (χ0n) is 16.2. The normalized spacial score (nSPS) is 10.4. The lowest BCUT2D eigenvalue weighted by Gasteiger charge is -2.20. The van der Waals surface area contributed by atoms with Crippen molar-refractivity contribution in [3.05, 3.63) is 52.1 Å². The smallest absolute Gasteiger partial charge is 0.342 e. The first-order valence-electron chi connectivity index (χ1n) is 8.77. The van der Waals surface area contributed by atoms with Crippen molar-refractivity contribution in [2.24, 2.45) is 0 Å². The highest BCUT2D eigenvalue weighted by Crippen LogP contribution is 2.42. The van der Waals surface area contributed by atoms with Crippen LogP contribution in [0, 0.1) is 20.8 Å². The first-order valence-corrected chi connectivity index (χ1v) is 8.77. The molecule has 0 unspecified atom stereocenters. The van der Waals surface area contributed by atoms with E-state index in [4.69, 9.17) is 14.2 Å². The number of esters is 2. The van der Waals surface area contributed by atoms with Gasteiger partial charge in [0.05, 0.1) is 18.8 Å². The standard InChI is InChI=1S/C21H24O6/c1-6-25-20(23)16-13(4)17(21(24)26-7-2)18(22)19(14(16)5)27-15-11-9-8-10-12(15)3/h8-11,22H,6-7H2,1-5H3. The molecule has 0 fully saturated rings. The minimum atomic E-state index is -0.729. The first kappa shape index (κ1) is 20.3. The largest absolute Gasteiger partial charge is 0.504 e. The van der Waals surface area contributed by atoms with Crippen molar-refractivity contribution in [2.75, 3.05) is 13.2 Å². The van der Waals surface area contributed by atoms with Crippen molar-refractivity contribution in [1.29, 1.82) is 0 Å². The highest BCUT2D eigenvalue weighted by molar-refractivity contribution is 6.02. The molecule has 0 saturated carbocycles. The van der Waals surface area contributed by atoms with E-state index in [-0.39, 0.29) is 35.8 Å². The second kappa shape index (κ2) is 8.58. The lowest BCUT2D eigenvalue weighted by Crippen LogP contribution is -2.15. The van der Waals surface area contributed by atoms with Crippen LogP contribution in [0.25, 0.3) is 0 Å². The van der Waals surface area contributed by atoms with E-state index >= 15 is 0 Å². The molecule has 2 aromatic carbocycles. The molecule has 0 atom stereocenters. The van der Waals surface area contributed by atoms with Gasteiger partial charge in [0.2, 0.25) is 0 Å². The summed E-state index contributed by atoms with van der Waals surface area (Å²) in [6.07, 6.45) is 0. The molecule has 0 radical (unpaired) electrons. The van der Waals surface area contributed by atoms with Gasteiger partial charge in [-0.05, 0) is 51.8 Å². The fourth-order valence-corrected chi connectivity index (χ4v) is 2.86. The lowest BCUT2D eigenvalue weighted by molar-refractivity contribution is 0.0520. The van der Waals surface area contributed by atoms with E-state index in [9.17, 15) is 14.7 Å². The molecule has 0 spiro atoms. The molecule has 27 heavy (non-hydrogen) atoms. The number of aryl methyl sites for hydroxylation is 1. The second-order valence-electron chi connectivity index (χ2n) is 5.99. The molecular formula is C21H24O6. The van der Waals surface area contributed by atoms with Gasteiger partial charge in [-0.2, -0.15) is 0 Å². The van der Waals surface area contributed by atoms with Gasteiger partial charge >= 0.3 is 11.9 Å². The summed E-state index contributed by atoms with van der Waals surface area (Å²) >= 11 is 0. The zero-order valence-corrected chi connectivity index (χ0v) is 16.2. The predicted octanol–water partition coefficient (Wildman–Crippen LogP) is 4.46. The van der Waals surface area contributed by atoms with Crippen molar-refractivity contribution in [1.82, 2.24) is 0 Å². The molecule has 0 heterocycles. The Morgan fingerprint density at radius 2 is 1.44 bits per heavy atom. The molecular weight excluding hydrogens is 348 g/mol. The van der Waals surface area contributed by atoms with Gasteiger partial charge in [-0.3, -0.25) is 0 Å². The van der Waals surface area contributed by atoms with Crippen molar-refractivity contribution < 1.29 is 28.9 Å². The Morgan fingerprint density at radius 3 is 2.00 bits per heavy atom. The molecule has 0 aliphatic carbocycles. The molecule has 2 aromatic rings. The van der Waals surface area contributed by atoms with E-state index in [1.165, 1.54) is 0 Å². The van der Waals surface area contributed by atoms with Crippen LogP contribution in [0.5, 0.6) is 17.2 Å². The number of benzene rings is 2. The number of ether oxygens (including phenoxy) is 3. The number of hydrogen-bond acceptors (Lipinski definition) is 6. The Balaban J connectivity index is 2.72. The Kier molecular flexibility index (Phi) is 6.45. The molecule has 0 bridgehead atoms. The monoisotopic (exact) mass is 372 g/mol. The van der Waals surface area contributed by atoms with Gasteiger partial charge < -0.3 is 19.3 Å². The molecule has 0 amide bonds. The fraction of sp³-hybridized carbons (Fsp3) is 0.333. The van der Waals surface area contributed by atoms with Gasteiger partial charge in [0.25, 0.3) is 0 Å². The van der Waals surface area contributed by atoms with E-state index < -0.39 is 11.9 Å². The summed E-state index contributed by atoms with van der Waals surface area (Å²) in [4.78, 5) is 24.9. The van der Waals surface area contributed by atoms with Crippen LogP contribution in [0.4, 0.5) is 0 Å². The number of phenols is 1. The second-order valence-corrected chi connectivity index (χ2v) is 5.99. The van der Waals surface area contributed by atoms with Gasteiger partial charge in [0.1, 0.15) is 11.3 Å². The van der Waals surface area contributed by atoms with E-state index in [0.29, 0.717) is 16.9 Å². The van der Waals surface area contributed by atoms with E-state index in [2.05, 4.69) is 0 Å². The van der Waals surface area contributed by atoms with Gasteiger partial charge in [-0.25, -0.2) is 9.59 Å². The fourth-order valence-electron chi connectivity index (χ4n) is 2.86. The Bertz CT molecular complexity index is 824. The summed E-state index contributed by atoms with van der Waals surface area (Å²) < 4.78 is 16.1. The summed E-state index contributed by atoms with van der Waals surface area (Å²) in [5.41, 5.74) is 1.60. The van der Waals surface area contributed by atoms with Crippen LogP contribution in [-0.2, 0) is 9.47 Å². The Labute approximate surface area is 158 Å². The zero-order chi connectivity index (χ0) is 20.1. The summed E-state index contributed by atoms with van der Waals surface area (Å²) in [6, 6.07) is 7.25. The lowest BCUT2D eigenvalue weighted by atomic mass is 9.95. The van der Waals surface area contributed by atoms with Crippen LogP contribution in [0.15, 0.2) is 24.3 Å². The molecule has 6 nitrogen and oxygen atoms in total. The van der Waals surface area contributed by atoms with E-state index in [1.54, 1.807) is 39.8 Å². The minimum absolute atomic E-state index is 0.0287. The maximum Gasteiger partial charge on any atom is 0.342 e. The Hall–Kier alpha value is -3.02. The van der Waals surface area contributed by atoms with Gasteiger partial charge in [-0.1, -0.05) is 18.2 Å². The topological polar surface area (TPSA) is 82.1 Å². The number of carbonyl (C=O) groups excluding carboxylic acids is 2. The predicted molar refractivity (Wildman–Crippen MR) is 101 cm³/mol. The molecule has 0 aliphatic heterocycles. The summed E-state index contributed by atoms with van der Waals surface area (Å²) in [6.45, 7) is 8.74. The third-order valence-corrected chi connectivity index (χ3v) is 4.18. The number of hydrogen-bond donors (Lipinski definition) is 1. The van der Waals surface area contributed by atoms with Crippen molar-refractivity contribution in [2.45, 2.75) is 34.6 Å². The molecule has 1 N–H and O–H groups in total. The summed E-state index contributed by atoms with van der Waals surface area (Å²) in [7, 11) is 0. The minimum Gasteiger partial charge on any atom is -0.504 e. The number of aromatic hydroxyl groups is 1. The highest BCUT2D eigenvalue weighted by atomic mass is 16.5. The summed E-state index contributed by atoms with van der Waals surface area (Å²) in [5, 5.41) is 10.8. The number of para-hydroxylation sites is 1. The molecule has 6 heteroatoms. The van der Waals surface area contributed by atoms with Crippen LogP contribution >= 0.6 is 0 Å². The third kappa shape index (κ3) is 4.05. The van der Waals surface area contributed by atoms with Crippen molar-refractivity contribution in [3.63, 3.8) is 0 Å². The Morgan fingerprint density at radius 1 is 0.889 bits per heavy atom. The number of carbonyl (C=O) groups is 2. The average Bonchev–Trinajstić information content (AvgIpc) is 2.60. The molecule has 144 valence electrons. The first-order chi connectivity index (χ1) is 12.8. The van der Waals surface area contributed by atoms with Crippen LogP contribution in [0.1, 0.15) is 51.3 Å². The SMILES string of the molecule is CCOC(=O)c1c(C)c(Oc2ccccc2C)c(O)c(C(=O)OCC)c1C. The van der Waals surface area contributed by atoms with E-state index in [0.717, 1.165) is 5.56 Å². The van der Waals surface area contributed by atoms with Crippen LogP contribution < -0.4 is 4.74 Å². The molecule has 0 saturated heterocycles. The van der Waals surface area contributed by atoms with Crippen molar-refractivity contribution >= 4 is 11.9 Å². The molecule has 2 rings (SSSR count).